The molecule has 2 aliphatic rings. The van der Waals surface area contributed by atoms with Crippen molar-refractivity contribution >= 4 is 39.6 Å². The Kier molecular flexibility index (Phi) is 5.17. The molecule has 0 bridgehead atoms. The van der Waals surface area contributed by atoms with Gasteiger partial charge in [-0.2, -0.15) is 0 Å². The Hall–Kier alpha value is -2.88. The molecule has 31 heavy (non-hydrogen) atoms. The number of likely N-dealkylation sites (N-methyl/N-ethyl adjacent to an activating group) is 1. The van der Waals surface area contributed by atoms with E-state index in [1.165, 1.54) is 33.8 Å². The number of carbonyl (C=O) groups is 2. The highest BCUT2D eigenvalue weighted by molar-refractivity contribution is 7.16. The third kappa shape index (κ3) is 3.69. The largest absolute Gasteiger partial charge is 0.493 e. The molecule has 2 atom stereocenters. The maximum Gasteiger partial charge on any atom is 0.353 e. The van der Waals surface area contributed by atoms with Crippen molar-refractivity contribution in [1.82, 2.24) is 5.32 Å². The van der Waals surface area contributed by atoms with E-state index in [4.69, 9.17) is 9.47 Å². The summed E-state index contributed by atoms with van der Waals surface area (Å²) in [6.45, 7) is 1.99. The van der Waals surface area contributed by atoms with Crippen molar-refractivity contribution in [3.8, 4) is 11.5 Å². The summed E-state index contributed by atoms with van der Waals surface area (Å²) in [7, 11) is 3.70. The van der Waals surface area contributed by atoms with Crippen molar-refractivity contribution in [2.45, 2.75) is 19.1 Å². The number of nitrogens with one attached hydrogen (secondary N) is 3. The number of ether oxygens (including phenoxy) is 2. The molecule has 7 nitrogen and oxygen atoms in total. The van der Waals surface area contributed by atoms with Crippen molar-refractivity contribution in [1.29, 1.82) is 0 Å². The van der Waals surface area contributed by atoms with Crippen LogP contribution >= 0.6 is 22.7 Å². The van der Waals surface area contributed by atoms with E-state index in [9.17, 15) is 9.59 Å². The van der Waals surface area contributed by atoms with E-state index in [1.54, 1.807) is 35.6 Å². The first-order chi connectivity index (χ1) is 15.0. The van der Waals surface area contributed by atoms with E-state index in [2.05, 4.69) is 17.7 Å². The SMILES string of the molecule is COc1cc([C@H]2NC(=O)c3c(sc4c3CC[NH+](C)C4)N2)ccc1OC(=O)c1cccs1. The normalized spacial score (nSPS) is 19.6. The molecule has 0 saturated carbocycles. The summed E-state index contributed by atoms with van der Waals surface area (Å²) in [6, 6.07) is 8.82. The number of quaternary nitrogens is 1. The number of methoxy groups -OCH3 is 1. The molecule has 160 valence electrons. The molecule has 1 unspecified atom stereocenters. The Morgan fingerprint density at radius 2 is 2.10 bits per heavy atom. The molecule has 1 aromatic carbocycles. The van der Waals surface area contributed by atoms with Gasteiger partial charge in [0.05, 0.1) is 31.1 Å². The van der Waals surface area contributed by atoms with Crippen LogP contribution in [0.3, 0.4) is 0 Å². The summed E-state index contributed by atoms with van der Waals surface area (Å²) in [5.74, 6) is 0.291. The molecule has 0 aliphatic carbocycles. The standard InChI is InChI=1S/C22H21N3O4S2/c1-25-8-7-13-17(11-25)31-21-18(13)20(26)23-19(24-21)12-5-6-14(15(10-12)28-2)29-22(27)16-4-3-9-30-16/h3-6,9-10,19,24H,7-8,11H2,1-2H3,(H,23,26)/p+1/t19-/m0/s1. The zero-order chi connectivity index (χ0) is 21.5. The number of amides is 1. The van der Waals surface area contributed by atoms with Crippen molar-refractivity contribution in [2.24, 2.45) is 0 Å². The van der Waals surface area contributed by atoms with E-state index >= 15 is 0 Å². The van der Waals surface area contributed by atoms with Gasteiger partial charge in [0, 0.05) is 6.42 Å². The third-order valence-electron chi connectivity index (χ3n) is 5.58. The molecule has 3 aromatic rings. The van der Waals surface area contributed by atoms with Crippen molar-refractivity contribution in [2.75, 3.05) is 26.0 Å². The van der Waals surface area contributed by atoms with Gasteiger partial charge in [0.25, 0.3) is 5.91 Å². The predicted octanol–water partition coefficient (Wildman–Crippen LogP) is 2.46. The van der Waals surface area contributed by atoms with Gasteiger partial charge in [0.15, 0.2) is 11.5 Å². The Morgan fingerprint density at radius 3 is 2.87 bits per heavy atom. The topological polar surface area (TPSA) is 81.1 Å². The van der Waals surface area contributed by atoms with E-state index in [-0.39, 0.29) is 12.1 Å². The number of thiophene rings is 2. The molecule has 0 saturated heterocycles. The summed E-state index contributed by atoms with van der Waals surface area (Å²) >= 11 is 2.99. The van der Waals surface area contributed by atoms with E-state index in [0.29, 0.717) is 16.4 Å². The first-order valence-corrected chi connectivity index (χ1v) is 11.7. The zero-order valence-corrected chi connectivity index (χ0v) is 18.7. The lowest BCUT2D eigenvalue weighted by Crippen LogP contribution is -3.08. The Morgan fingerprint density at radius 1 is 1.23 bits per heavy atom. The number of benzene rings is 1. The average molecular weight is 457 g/mol. The Labute approximate surface area is 187 Å². The van der Waals surface area contributed by atoms with Crippen LogP contribution in [0.15, 0.2) is 35.7 Å². The van der Waals surface area contributed by atoms with Crippen molar-refractivity contribution in [3.05, 3.63) is 62.2 Å². The first kappa shape index (κ1) is 20.0. The monoisotopic (exact) mass is 456 g/mol. The van der Waals surface area contributed by atoms with Crippen LogP contribution in [-0.4, -0.2) is 32.6 Å². The second-order valence-corrected chi connectivity index (χ2v) is 9.72. The van der Waals surface area contributed by atoms with Crippen LogP contribution in [0, 0.1) is 0 Å². The molecule has 3 N–H and O–H groups in total. The summed E-state index contributed by atoms with van der Waals surface area (Å²) in [5.41, 5.74) is 2.79. The van der Waals surface area contributed by atoms with Gasteiger partial charge in [-0.25, -0.2) is 4.79 Å². The minimum absolute atomic E-state index is 0.0528. The lowest BCUT2D eigenvalue weighted by atomic mass is 10.0. The van der Waals surface area contributed by atoms with Crippen LogP contribution in [0.2, 0.25) is 0 Å². The maximum atomic E-state index is 12.9. The number of hydrogen-bond acceptors (Lipinski definition) is 7. The smallest absolute Gasteiger partial charge is 0.353 e. The van der Waals surface area contributed by atoms with E-state index < -0.39 is 5.97 Å². The lowest BCUT2D eigenvalue weighted by Gasteiger charge is -2.27. The zero-order valence-electron chi connectivity index (χ0n) is 17.1. The van der Waals surface area contributed by atoms with Crippen molar-refractivity contribution in [3.63, 3.8) is 0 Å². The van der Waals surface area contributed by atoms with Gasteiger partial charge in [-0.15, -0.1) is 22.7 Å². The van der Waals surface area contributed by atoms with Crippen LogP contribution in [0.5, 0.6) is 11.5 Å². The van der Waals surface area contributed by atoms with Gasteiger partial charge in [0.2, 0.25) is 0 Å². The average Bonchev–Trinajstić information content (AvgIpc) is 3.41. The van der Waals surface area contributed by atoms with E-state index in [0.717, 1.165) is 35.6 Å². The van der Waals surface area contributed by atoms with Gasteiger partial charge >= 0.3 is 5.97 Å². The molecule has 9 heteroatoms. The quantitative estimate of drug-likeness (QED) is 0.415. The molecule has 5 rings (SSSR count). The fraction of sp³-hybridized carbons (Fsp3) is 0.273. The highest BCUT2D eigenvalue weighted by atomic mass is 32.1. The molecule has 0 spiro atoms. The number of hydrogen-bond donors (Lipinski definition) is 3. The van der Waals surface area contributed by atoms with Crippen LogP contribution in [0.1, 0.15) is 42.2 Å². The fourth-order valence-electron chi connectivity index (χ4n) is 3.99. The molecule has 0 fully saturated rings. The van der Waals surface area contributed by atoms with E-state index in [1.807, 2.05) is 11.4 Å². The minimum Gasteiger partial charge on any atom is -0.493 e. The second kappa shape index (κ2) is 7.99. The Bertz CT molecular complexity index is 1160. The lowest BCUT2D eigenvalue weighted by molar-refractivity contribution is -0.895. The second-order valence-electron chi connectivity index (χ2n) is 7.67. The van der Waals surface area contributed by atoms with Crippen LogP contribution < -0.4 is 25.0 Å². The molecular formula is C22H22N3O4S2+. The highest BCUT2D eigenvalue weighted by Crippen LogP contribution is 2.40. The number of carbonyl (C=O) groups excluding carboxylic acids is 2. The minimum atomic E-state index is -0.425. The number of rotatable bonds is 4. The molecule has 0 radical (unpaired) electrons. The summed E-state index contributed by atoms with van der Waals surface area (Å²) in [5, 5.41) is 9.26. The number of fused-ring (bicyclic) bond motifs is 3. The number of esters is 1. The summed E-state index contributed by atoms with van der Waals surface area (Å²) in [6.07, 6.45) is 0.534. The van der Waals surface area contributed by atoms with Crippen LogP contribution in [0.25, 0.3) is 0 Å². The van der Waals surface area contributed by atoms with Gasteiger partial charge in [0.1, 0.15) is 22.6 Å². The molecule has 4 heterocycles. The predicted molar refractivity (Wildman–Crippen MR) is 120 cm³/mol. The highest BCUT2D eigenvalue weighted by Gasteiger charge is 2.34. The summed E-state index contributed by atoms with van der Waals surface area (Å²) in [4.78, 5) is 28.5. The van der Waals surface area contributed by atoms with Gasteiger partial charge in [-0.1, -0.05) is 12.1 Å². The van der Waals surface area contributed by atoms with Gasteiger partial charge < -0.3 is 25.0 Å². The molecule has 2 aromatic heterocycles. The maximum absolute atomic E-state index is 12.9. The Balaban J connectivity index is 1.40. The fourth-order valence-corrected chi connectivity index (χ4v) is 5.98. The van der Waals surface area contributed by atoms with Crippen LogP contribution in [0.4, 0.5) is 5.00 Å². The van der Waals surface area contributed by atoms with Crippen molar-refractivity contribution < 1.29 is 24.0 Å². The van der Waals surface area contributed by atoms with Crippen LogP contribution in [-0.2, 0) is 13.0 Å². The molecule has 1 amide bonds. The molecular weight excluding hydrogens is 434 g/mol. The third-order valence-corrected chi connectivity index (χ3v) is 7.59. The first-order valence-electron chi connectivity index (χ1n) is 10.0. The molecule has 2 aliphatic heterocycles. The van der Waals surface area contributed by atoms with Gasteiger partial charge in [-0.3, -0.25) is 4.79 Å². The number of anilines is 1. The summed E-state index contributed by atoms with van der Waals surface area (Å²) < 4.78 is 11.0. The van der Waals surface area contributed by atoms with Gasteiger partial charge in [-0.05, 0) is 34.7 Å².